The smallest absolute Gasteiger partial charge is 0.123 e. The van der Waals surface area contributed by atoms with Crippen molar-refractivity contribution < 1.29 is 4.74 Å². The van der Waals surface area contributed by atoms with E-state index in [-0.39, 0.29) is 0 Å². The van der Waals surface area contributed by atoms with E-state index >= 15 is 0 Å². The maximum Gasteiger partial charge on any atom is 0.123 e. The minimum Gasteiger partial charge on any atom is -0.493 e. The molecular weight excluding hydrogens is 314 g/mol. The lowest BCUT2D eigenvalue weighted by Crippen LogP contribution is -2.16. The van der Waals surface area contributed by atoms with Gasteiger partial charge < -0.3 is 10.1 Å². The van der Waals surface area contributed by atoms with Gasteiger partial charge in [0.05, 0.1) is 6.61 Å². The molecule has 0 radical (unpaired) electrons. The van der Waals surface area contributed by atoms with Crippen LogP contribution in [0.3, 0.4) is 0 Å². The summed E-state index contributed by atoms with van der Waals surface area (Å²) in [7, 11) is 0. The van der Waals surface area contributed by atoms with Gasteiger partial charge in [0.2, 0.25) is 0 Å². The second kappa shape index (κ2) is 8.68. The highest BCUT2D eigenvalue weighted by atomic mass is 79.9. The van der Waals surface area contributed by atoms with Crippen molar-refractivity contribution in [1.82, 2.24) is 5.32 Å². The Labute approximate surface area is 131 Å². The molecule has 0 heterocycles. The van der Waals surface area contributed by atoms with E-state index in [4.69, 9.17) is 4.74 Å². The summed E-state index contributed by atoms with van der Waals surface area (Å²) in [6.07, 6.45) is 9.05. The standard InChI is InChI=1S/C17H26BrNO/c1-2-3-4-5-6-11-20-17-10-7-15(18)12-14(17)13-19-16-8-9-16/h7,10,12,16,19H,2-6,8-9,11,13H2,1H3. The average Bonchev–Trinajstić information content (AvgIpc) is 3.26. The van der Waals surface area contributed by atoms with Crippen LogP contribution in [0.2, 0.25) is 0 Å². The first-order chi connectivity index (χ1) is 9.79. The number of ether oxygens (including phenoxy) is 1. The number of halogens is 1. The van der Waals surface area contributed by atoms with E-state index in [1.807, 2.05) is 0 Å². The van der Waals surface area contributed by atoms with Gasteiger partial charge in [0.25, 0.3) is 0 Å². The number of hydrogen-bond donors (Lipinski definition) is 1. The Balaban J connectivity index is 1.76. The van der Waals surface area contributed by atoms with Crippen LogP contribution in [0.4, 0.5) is 0 Å². The van der Waals surface area contributed by atoms with Crippen LogP contribution in [-0.4, -0.2) is 12.6 Å². The highest BCUT2D eigenvalue weighted by Crippen LogP contribution is 2.25. The summed E-state index contributed by atoms with van der Waals surface area (Å²) >= 11 is 3.55. The van der Waals surface area contributed by atoms with Crippen LogP contribution < -0.4 is 10.1 Å². The van der Waals surface area contributed by atoms with Crippen molar-refractivity contribution in [1.29, 1.82) is 0 Å². The molecule has 0 saturated heterocycles. The topological polar surface area (TPSA) is 21.3 Å². The van der Waals surface area contributed by atoms with Crippen LogP contribution in [0.25, 0.3) is 0 Å². The summed E-state index contributed by atoms with van der Waals surface area (Å²) < 4.78 is 7.09. The quantitative estimate of drug-likeness (QED) is 0.602. The fraction of sp³-hybridized carbons (Fsp3) is 0.647. The zero-order chi connectivity index (χ0) is 14.2. The maximum absolute atomic E-state index is 5.96. The fourth-order valence-corrected chi connectivity index (χ4v) is 2.66. The summed E-state index contributed by atoms with van der Waals surface area (Å²) in [5.74, 6) is 1.04. The Morgan fingerprint density at radius 2 is 2.00 bits per heavy atom. The van der Waals surface area contributed by atoms with E-state index in [1.165, 1.54) is 44.1 Å². The van der Waals surface area contributed by atoms with Crippen molar-refractivity contribution in [3.63, 3.8) is 0 Å². The Morgan fingerprint density at radius 3 is 2.75 bits per heavy atom. The minimum atomic E-state index is 0.732. The first kappa shape index (κ1) is 15.8. The highest BCUT2D eigenvalue weighted by Gasteiger charge is 2.20. The molecule has 2 rings (SSSR count). The predicted octanol–water partition coefficient (Wildman–Crippen LogP) is 5.05. The van der Waals surface area contributed by atoms with E-state index < -0.39 is 0 Å². The Morgan fingerprint density at radius 1 is 1.20 bits per heavy atom. The first-order valence-corrected chi connectivity index (χ1v) is 8.73. The Kier molecular flexibility index (Phi) is 6.88. The number of rotatable bonds is 10. The second-order valence-electron chi connectivity index (χ2n) is 5.67. The third-order valence-corrected chi connectivity index (χ3v) is 4.18. The molecule has 0 aromatic heterocycles. The van der Waals surface area contributed by atoms with Crippen LogP contribution in [0.1, 0.15) is 57.4 Å². The molecule has 1 aliphatic rings. The molecule has 1 aromatic carbocycles. The summed E-state index contributed by atoms with van der Waals surface area (Å²) in [6, 6.07) is 7.05. The molecule has 0 amide bonds. The Hall–Kier alpha value is -0.540. The van der Waals surface area contributed by atoms with Gasteiger partial charge >= 0.3 is 0 Å². The molecule has 3 heteroatoms. The molecule has 20 heavy (non-hydrogen) atoms. The zero-order valence-corrected chi connectivity index (χ0v) is 14.0. The van der Waals surface area contributed by atoms with Gasteiger partial charge in [-0.25, -0.2) is 0 Å². The molecule has 1 saturated carbocycles. The number of nitrogens with one attached hydrogen (secondary N) is 1. The molecule has 0 atom stereocenters. The fourth-order valence-electron chi connectivity index (χ4n) is 2.26. The normalized spacial score (nSPS) is 14.5. The lowest BCUT2D eigenvalue weighted by Gasteiger charge is -2.12. The molecule has 0 unspecified atom stereocenters. The zero-order valence-electron chi connectivity index (χ0n) is 12.5. The van der Waals surface area contributed by atoms with Crippen molar-refractivity contribution in [2.45, 2.75) is 64.5 Å². The molecule has 2 nitrogen and oxygen atoms in total. The van der Waals surface area contributed by atoms with Crippen molar-refractivity contribution >= 4 is 15.9 Å². The van der Waals surface area contributed by atoms with Crippen LogP contribution in [0.15, 0.2) is 22.7 Å². The molecule has 1 fully saturated rings. The van der Waals surface area contributed by atoms with Gasteiger partial charge in [-0.05, 0) is 37.5 Å². The molecule has 0 aliphatic heterocycles. The van der Waals surface area contributed by atoms with Gasteiger partial charge in [-0.3, -0.25) is 0 Å². The second-order valence-corrected chi connectivity index (χ2v) is 6.59. The van der Waals surface area contributed by atoms with Gasteiger partial charge in [-0.15, -0.1) is 0 Å². The number of benzene rings is 1. The van der Waals surface area contributed by atoms with Gasteiger partial charge in [-0.1, -0.05) is 48.5 Å². The third-order valence-electron chi connectivity index (χ3n) is 3.69. The molecular formula is C17H26BrNO. The van der Waals surface area contributed by atoms with E-state index in [2.05, 4.69) is 46.4 Å². The van der Waals surface area contributed by atoms with Crippen molar-refractivity contribution in [3.05, 3.63) is 28.2 Å². The van der Waals surface area contributed by atoms with Crippen LogP contribution >= 0.6 is 15.9 Å². The van der Waals surface area contributed by atoms with Crippen LogP contribution in [0.5, 0.6) is 5.75 Å². The average molecular weight is 340 g/mol. The van der Waals surface area contributed by atoms with Crippen LogP contribution in [0, 0.1) is 0 Å². The van der Waals surface area contributed by atoms with E-state index in [0.29, 0.717) is 0 Å². The molecule has 0 spiro atoms. The van der Waals surface area contributed by atoms with Gasteiger partial charge in [0.15, 0.2) is 0 Å². The largest absolute Gasteiger partial charge is 0.493 e. The maximum atomic E-state index is 5.96. The van der Waals surface area contributed by atoms with Gasteiger partial charge in [0, 0.05) is 22.6 Å². The first-order valence-electron chi connectivity index (χ1n) is 7.94. The molecule has 1 aromatic rings. The van der Waals surface area contributed by atoms with Crippen molar-refractivity contribution in [2.75, 3.05) is 6.61 Å². The van der Waals surface area contributed by atoms with E-state index in [1.54, 1.807) is 0 Å². The lowest BCUT2D eigenvalue weighted by atomic mass is 10.1. The molecule has 0 bridgehead atoms. The summed E-state index contributed by atoms with van der Waals surface area (Å²) in [5.41, 5.74) is 1.26. The number of unbranched alkanes of at least 4 members (excludes halogenated alkanes) is 4. The number of hydrogen-bond acceptors (Lipinski definition) is 2. The highest BCUT2D eigenvalue weighted by molar-refractivity contribution is 9.10. The van der Waals surface area contributed by atoms with E-state index in [0.717, 1.165) is 35.8 Å². The van der Waals surface area contributed by atoms with Crippen molar-refractivity contribution in [2.24, 2.45) is 0 Å². The van der Waals surface area contributed by atoms with Crippen LogP contribution in [-0.2, 0) is 6.54 Å². The monoisotopic (exact) mass is 339 g/mol. The molecule has 112 valence electrons. The summed E-state index contributed by atoms with van der Waals surface area (Å²) in [4.78, 5) is 0. The predicted molar refractivity (Wildman–Crippen MR) is 88.3 cm³/mol. The van der Waals surface area contributed by atoms with Gasteiger partial charge in [0.1, 0.15) is 5.75 Å². The summed E-state index contributed by atoms with van der Waals surface area (Å²) in [5, 5.41) is 3.56. The summed E-state index contributed by atoms with van der Waals surface area (Å²) in [6.45, 7) is 3.99. The minimum absolute atomic E-state index is 0.732. The Bertz CT molecular complexity index is 404. The van der Waals surface area contributed by atoms with Crippen molar-refractivity contribution in [3.8, 4) is 5.75 Å². The van der Waals surface area contributed by atoms with Gasteiger partial charge in [-0.2, -0.15) is 0 Å². The third kappa shape index (κ3) is 5.84. The molecule has 1 N–H and O–H groups in total. The molecule has 1 aliphatic carbocycles. The SMILES string of the molecule is CCCCCCCOc1ccc(Br)cc1CNC1CC1. The van der Waals surface area contributed by atoms with E-state index in [9.17, 15) is 0 Å². The lowest BCUT2D eigenvalue weighted by molar-refractivity contribution is 0.301.